The van der Waals surface area contributed by atoms with Gasteiger partial charge in [-0.2, -0.15) is 0 Å². The van der Waals surface area contributed by atoms with E-state index in [9.17, 15) is 9.59 Å². The fraction of sp³-hybridized carbons (Fsp3) is 0.500. The Morgan fingerprint density at radius 1 is 1.45 bits per heavy atom. The molecular formula is C4H9MgNO4Zn. The number of rotatable bonds is 3. The summed E-state index contributed by atoms with van der Waals surface area (Å²) in [6, 6.07) is -1.29. The number of hydrogen-bond donors (Lipinski definition) is 3. The van der Waals surface area contributed by atoms with Gasteiger partial charge in [0.15, 0.2) is 0 Å². The number of carbonyl (C=O) groups is 2. The van der Waals surface area contributed by atoms with Crippen LogP contribution in [0.3, 0.4) is 0 Å². The third-order valence-corrected chi connectivity index (χ3v) is 0.712. The Balaban J connectivity index is -0.0000000533. The molecule has 1 atom stereocenters. The number of carboxylic acid groups (broad SMARTS) is 2. The summed E-state index contributed by atoms with van der Waals surface area (Å²) >= 11 is 0. The monoisotopic (exact) mass is 223 g/mol. The van der Waals surface area contributed by atoms with Crippen molar-refractivity contribution in [2.24, 2.45) is 5.73 Å². The van der Waals surface area contributed by atoms with Crippen molar-refractivity contribution in [2.45, 2.75) is 12.5 Å². The maximum absolute atomic E-state index is 9.85. The van der Waals surface area contributed by atoms with Gasteiger partial charge in [-0.05, 0) is 0 Å². The fourth-order valence-corrected chi connectivity index (χ4v) is 0.275. The van der Waals surface area contributed by atoms with E-state index in [1.54, 1.807) is 0 Å². The van der Waals surface area contributed by atoms with Crippen LogP contribution in [-0.2, 0) is 29.1 Å². The summed E-state index contributed by atoms with van der Waals surface area (Å²) < 4.78 is 0. The van der Waals surface area contributed by atoms with Crippen LogP contribution in [0.1, 0.15) is 9.27 Å². The van der Waals surface area contributed by atoms with E-state index in [0.717, 1.165) is 0 Å². The molecule has 0 heterocycles. The second-order valence-electron chi connectivity index (χ2n) is 1.54. The molecular weight excluding hydrogens is 216 g/mol. The molecule has 0 aliphatic rings. The van der Waals surface area contributed by atoms with Crippen molar-refractivity contribution >= 4 is 35.0 Å². The van der Waals surface area contributed by atoms with Crippen LogP contribution in [0.15, 0.2) is 0 Å². The van der Waals surface area contributed by atoms with Gasteiger partial charge in [-0.15, -0.1) is 0 Å². The summed E-state index contributed by atoms with van der Waals surface area (Å²) in [6.07, 6.45) is -0.532. The first-order chi connectivity index (χ1) is 4.04. The average molecular weight is 225 g/mol. The molecule has 0 rings (SSSR count). The van der Waals surface area contributed by atoms with E-state index < -0.39 is 24.4 Å². The van der Waals surface area contributed by atoms with Crippen LogP contribution in [0, 0.1) is 0 Å². The van der Waals surface area contributed by atoms with Gasteiger partial charge in [0.1, 0.15) is 6.04 Å². The molecule has 0 amide bonds. The molecule has 0 aliphatic carbocycles. The van der Waals surface area contributed by atoms with Crippen molar-refractivity contribution in [3.05, 3.63) is 0 Å². The van der Waals surface area contributed by atoms with E-state index in [0.29, 0.717) is 0 Å². The standard InChI is InChI=1S/C4H7NO4.Mg.Zn.2H/c5-2(4(8)9)1-3(6)7;;;;/h2H,1,5H2,(H,6,7)(H,8,9);;;;/q;+2;;2*-1. The molecule has 0 saturated heterocycles. The maximum Gasteiger partial charge on any atom is 2.00 e. The molecule has 0 saturated carbocycles. The Morgan fingerprint density at radius 2 is 1.82 bits per heavy atom. The van der Waals surface area contributed by atoms with Gasteiger partial charge in [-0.25, -0.2) is 0 Å². The zero-order valence-electron chi connectivity index (χ0n) is 7.99. The first kappa shape index (κ1) is 17.4. The Hall–Kier alpha value is 0.290. The van der Waals surface area contributed by atoms with Crippen molar-refractivity contribution in [2.75, 3.05) is 0 Å². The molecule has 0 spiro atoms. The predicted molar refractivity (Wildman–Crippen MR) is 35.8 cm³/mol. The second kappa shape index (κ2) is 8.39. The number of hydrogen-bond acceptors (Lipinski definition) is 3. The van der Waals surface area contributed by atoms with Gasteiger partial charge >= 0.3 is 35.0 Å². The minimum absolute atomic E-state index is 0. The number of carboxylic acids is 2. The van der Waals surface area contributed by atoms with Gasteiger partial charge in [0.2, 0.25) is 0 Å². The summed E-state index contributed by atoms with van der Waals surface area (Å²) in [5.74, 6) is -2.50. The van der Waals surface area contributed by atoms with Gasteiger partial charge in [0.05, 0.1) is 6.42 Å². The predicted octanol–water partition coefficient (Wildman–Crippen LogP) is -1.29. The minimum Gasteiger partial charge on any atom is -1.00 e. The van der Waals surface area contributed by atoms with Crippen LogP contribution in [-0.4, -0.2) is 51.2 Å². The van der Waals surface area contributed by atoms with Gasteiger partial charge in [-0.1, -0.05) is 0 Å². The normalized spacial score (nSPS) is 10.3. The molecule has 11 heavy (non-hydrogen) atoms. The molecule has 0 radical (unpaired) electrons. The molecule has 0 aromatic rings. The van der Waals surface area contributed by atoms with Crippen molar-refractivity contribution in [3.8, 4) is 0 Å². The van der Waals surface area contributed by atoms with Crippen LogP contribution < -0.4 is 5.73 Å². The molecule has 0 aromatic carbocycles. The smallest absolute Gasteiger partial charge is 1.00 e. The minimum atomic E-state index is -1.29. The van der Waals surface area contributed by atoms with Gasteiger partial charge < -0.3 is 18.8 Å². The van der Waals surface area contributed by atoms with E-state index in [1.807, 2.05) is 0 Å². The van der Waals surface area contributed by atoms with E-state index >= 15 is 0 Å². The van der Waals surface area contributed by atoms with Crippen molar-refractivity contribution in [1.29, 1.82) is 0 Å². The van der Waals surface area contributed by atoms with Crippen LogP contribution in [0.4, 0.5) is 0 Å². The molecule has 58 valence electrons. The van der Waals surface area contributed by atoms with E-state index in [-0.39, 0.29) is 45.4 Å². The summed E-state index contributed by atoms with van der Waals surface area (Å²) in [7, 11) is 0. The Kier molecular flexibility index (Phi) is 13.3. The van der Waals surface area contributed by atoms with Crippen LogP contribution >= 0.6 is 0 Å². The quantitative estimate of drug-likeness (QED) is 0.519. The molecule has 1 unspecified atom stereocenters. The van der Waals surface area contributed by atoms with Gasteiger partial charge in [-0.3, -0.25) is 9.59 Å². The first-order valence-electron chi connectivity index (χ1n) is 2.24. The third-order valence-electron chi connectivity index (χ3n) is 0.712. The van der Waals surface area contributed by atoms with Gasteiger partial charge in [0.25, 0.3) is 0 Å². The van der Waals surface area contributed by atoms with Crippen molar-refractivity contribution in [3.63, 3.8) is 0 Å². The molecule has 0 fully saturated rings. The van der Waals surface area contributed by atoms with Crippen molar-refractivity contribution in [1.82, 2.24) is 0 Å². The number of nitrogens with two attached hydrogens (primary N) is 1. The first-order valence-corrected chi connectivity index (χ1v) is 2.24. The van der Waals surface area contributed by atoms with Crippen molar-refractivity contribution < 1.29 is 42.1 Å². The Bertz CT molecular complexity index is 150. The maximum atomic E-state index is 9.85. The average Bonchev–Trinajstić information content (AvgIpc) is 1.63. The molecule has 0 aromatic heterocycles. The molecule has 4 N–H and O–H groups in total. The Labute approximate surface area is 95.2 Å². The van der Waals surface area contributed by atoms with Crippen LogP contribution in [0.2, 0.25) is 0 Å². The summed E-state index contributed by atoms with van der Waals surface area (Å²) in [6.45, 7) is 0. The molecule has 5 nitrogen and oxygen atoms in total. The van der Waals surface area contributed by atoms with Crippen LogP contribution in [0.5, 0.6) is 0 Å². The molecule has 7 heteroatoms. The van der Waals surface area contributed by atoms with E-state index in [4.69, 9.17) is 15.9 Å². The van der Waals surface area contributed by atoms with E-state index in [1.165, 1.54) is 0 Å². The van der Waals surface area contributed by atoms with Gasteiger partial charge in [0, 0.05) is 19.5 Å². The molecule has 0 bridgehead atoms. The van der Waals surface area contributed by atoms with Crippen LogP contribution in [0.25, 0.3) is 0 Å². The zero-order chi connectivity index (χ0) is 7.44. The molecule has 0 aliphatic heterocycles. The second-order valence-corrected chi connectivity index (χ2v) is 1.54. The summed E-state index contributed by atoms with van der Waals surface area (Å²) in [5, 5.41) is 16.0. The summed E-state index contributed by atoms with van der Waals surface area (Å²) in [4.78, 5) is 19.6. The van der Waals surface area contributed by atoms with E-state index in [2.05, 4.69) is 0 Å². The Morgan fingerprint density at radius 3 is 1.91 bits per heavy atom. The topological polar surface area (TPSA) is 101 Å². The SMILES string of the molecule is NC(CC(=O)O)C(=O)O.[H-].[H-].[Mg+2].[Zn]. The summed E-state index contributed by atoms with van der Waals surface area (Å²) in [5.41, 5.74) is 4.84. The fourth-order valence-electron chi connectivity index (χ4n) is 0.275. The zero-order valence-corrected chi connectivity index (χ0v) is 10.4. The largest absolute Gasteiger partial charge is 2.00 e. The number of aliphatic carboxylic acids is 2. The third kappa shape index (κ3) is 10.3.